The highest BCUT2D eigenvalue weighted by Crippen LogP contribution is 2.38. The first kappa shape index (κ1) is 16.5. The van der Waals surface area contributed by atoms with Crippen LogP contribution < -0.4 is 0 Å². The van der Waals surface area contributed by atoms with E-state index in [0.717, 1.165) is 0 Å². The van der Waals surface area contributed by atoms with Crippen molar-refractivity contribution in [3.63, 3.8) is 0 Å². The van der Waals surface area contributed by atoms with Gasteiger partial charge in [0.1, 0.15) is 0 Å². The molecule has 0 aliphatic rings. The molecule has 0 atom stereocenters. The molecule has 0 spiro atoms. The molecular formula is C22H28. The van der Waals surface area contributed by atoms with Gasteiger partial charge in [-0.2, -0.15) is 0 Å². The van der Waals surface area contributed by atoms with Crippen LogP contribution in [0.2, 0.25) is 0 Å². The molecule has 0 N–H and O–H groups in total. The minimum atomic E-state index is 0.0916. The van der Waals surface area contributed by atoms with Crippen LogP contribution in [-0.2, 0) is 10.8 Å². The van der Waals surface area contributed by atoms with Crippen LogP contribution in [0.1, 0.15) is 58.2 Å². The Hall–Kier alpha value is -1.82. The van der Waals surface area contributed by atoms with E-state index in [0.29, 0.717) is 0 Å². The predicted octanol–water partition coefficient (Wildman–Crippen LogP) is 6.59. The molecule has 0 radical (unpaired) electrons. The van der Waals surface area contributed by atoms with Crippen molar-refractivity contribution in [3.05, 3.63) is 65.7 Å². The molecule has 2 rings (SSSR count). The highest BCUT2D eigenvalue weighted by Gasteiger charge is 2.25. The van der Waals surface area contributed by atoms with E-state index in [1.165, 1.54) is 27.8 Å². The van der Waals surface area contributed by atoms with Gasteiger partial charge in [-0.1, -0.05) is 96.7 Å². The zero-order chi connectivity index (χ0) is 16.5. The van der Waals surface area contributed by atoms with Gasteiger partial charge in [0.2, 0.25) is 0 Å². The molecule has 0 amide bonds. The molecule has 0 saturated carbocycles. The Kier molecular flexibility index (Phi) is 4.33. The van der Waals surface area contributed by atoms with E-state index in [4.69, 9.17) is 0 Å². The molecule has 0 aliphatic carbocycles. The molecule has 0 aliphatic heterocycles. The van der Waals surface area contributed by atoms with Gasteiger partial charge in [0.15, 0.2) is 0 Å². The Labute approximate surface area is 135 Å². The van der Waals surface area contributed by atoms with Crippen molar-refractivity contribution >= 4 is 6.08 Å². The van der Waals surface area contributed by atoms with Gasteiger partial charge in [0.25, 0.3) is 0 Å². The molecule has 0 bridgehead atoms. The lowest BCUT2D eigenvalue weighted by molar-refractivity contribution is 0.567. The molecule has 2 aromatic carbocycles. The van der Waals surface area contributed by atoms with Gasteiger partial charge in [0, 0.05) is 0 Å². The van der Waals surface area contributed by atoms with Gasteiger partial charge >= 0.3 is 0 Å². The third-order valence-electron chi connectivity index (χ3n) is 4.11. The van der Waals surface area contributed by atoms with Crippen LogP contribution in [0.4, 0.5) is 0 Å². The maximum atomic E-state index is 4.08. The SMILES string of the molecule is C=Cc1c(C(C)(C)C)cc(-c2ccccc2)cc1C(C)(C)C. The fourth-order valence-corrected chi connectivity index (χ4v) is 2.91. The van der Waals surface area contributed by atoms with Crippen LogP contribution in [0, 0.1) is 0 Å². The third kappa shape index (κ3) is 3.32. The average molecular weight is 292 g/mol. The highest BCUT2D eigenvalue weighted by atomic mass is 14.3. The first-order valence-corrected chi connectivity index (χ1v) is 8.01. The number of hydrogen-bond acceptors (Lipinski definition) is 0. The lowest BCUT2D eigenvalue weighted by atomic mass is 9.74. The summed E-state index contributed by atoms with van der Waals surface area (Å²) in [5.74, 6) is 0. The van der Waals surface area contributed by atoms with Gasteiger partial charge in [-0.25, -0.2) is 0 Å². The van der Waals surface area contributed by atoms with E-state index in [1.807, 2.05) is 6.08 Å². The molecule has 2 aromatic rings. The van der Waals surface area contributed by atoms with E-state index in [2.05, 4.69) is 90.6 Å². The van der Waals surface area contributed by atoms with E-state index in [9.17, 15) is 0 Å². The fraction of sp³-hybridized carbons (Fsp3) is 0.364. The molecule has 0 fully saturated rings. The van der Waals surface area contributed by atoms with Gasteiger partial charge in [-0.05, 0) is 38.6 Å². The first-order chi connectivity index (χ1) is 10.1. The topological polar surface area (TPSA) is 0 Å². The molecule has 0 aromatic heterocycles. The average Bonchev–Trinajstić information content (AvgIpc) is 2.45. The zero-order valence-corrected chi connectivity index (χ0v) is 14.8. The maximum absolute atomic E-state index is 4.08. The lowest BCUT2D eigenvalue weighted by Crippen LogP contribution is -2.19. The molecule has 0 heterocycles. The standard InChI is InChI=1S/C22H28/c1-8-18-19(21(2,3)4)14-17(15-20(18)22(5,6)7)16-12-10-9-11-13-16/h8-15H,1H2,2-7H3. The van der Waals surface area contributed by atoms with E-state index in [1.54, 1.807) is 0 Å². The van der Waals surface area contributed by atoms with E-state index in [-0.39, 0.29) is 10.8 Å². The fourth-order valence-electron chi connectivity index (χ4n) is 2.91. The Morgan fingerprint density at radius 2 is 1.18 bits per heavy atom. The predicted molar refractivity (Wildman–Crippen MR) is 99.4 cm³/mol. The van der Waals surface area contributed by atoms with Crippen molar-refractivity contribution in [2.24, 2.45) is 0 Å². The molecule has 0 saturated heterocycles. The van der Waals surface area contributed by atoms with Crippen LogP contribution in [0.25, 0.3) is 17.2 Å². The lowest BCUT2D eigenvalue weighted by Gasteiger charge is -2.30. The number of rotatable bonds is 2. The zero-order valence-electron chi connectivity index (χ0n) is 14.8. The van der Waals surface area contributed by atoms with Crippen molar-refractivity contribution in [1.82, 2.24) is 0 Å². The maximum Gasteiger partial charge on any atom is -0.0126 e. The van der Waals surface area contributed by atoms with Gasteiger partial charge in [0.05, 0.1) is 0 Å². The molecular weight excluding hydrogens is 264 g/mol. The van der Waals surface area contributed by atoms with E-state index >= 15 is 0 Å². The summed E-state index contributed by atoms with van der Waals surface area (Å²) in [6.07, 6.45) is 2.02. The van der Waals surface area contributed by atoms with Crippen molar-refractivity contribution < 1.29 is 0 Å². The van der Waals surface area contributed by atoms with Crippen molar-refractivity contribution in [3.8, 4) is 11.1 Å². The first-order valence-electron chi connectivity index (χ1n) is 8.01. The second-order valence-corrected chi connectivity index (χ2v) is 8.06. The minimum Gasteiger partial charge on any atom is -0.0984 e. The summed E-state index contributed by atoms with van der Waals surface area (Å²) in [6, 6.07) is 15.3. The monoisotopic (exact) mass is 292 g/mol. The van der Waals surface area contributed by atoms with Crippen molar-refractivity contribution in [2.45, 2.75) is 52.4 Å². The van der Waals surface area contributed by atoms with Crippen LogP contribution in [0.15, 0.2) is 49.0 Å². The number of benzene rings is 2. The minimum absolute atomic E-state index is 0.0916. The van der Waals surface area contributed by atoms with Crippen LogP contribution in [-0.4, -0.2) is 0 Å². The summed E-state index contributed by atoms with van der Waals surface area (Å²) in [5, 5.41) is 0. The molecule has 0 heteroatoms. The third-order valence-corrected chi connectivity index (χ3v) is 4.11. The van der Waals surface area contributed by atoms with Gasteiger partial charge < -0.3 is 0 Å². The molecule has 22 heavy (non-hydrogen) atoms. The van der Waals surface area contributed by atoms with Crippen LogP contribution in [0.3, 0.4) is 0 Å². The smallest absolute Gasteiger partial charge is 0.0126 e. The second kappa shape index (κ2) is 5.76. The Bertz CT molecular complexity index is 626. The summed E-state index contributed by atoms with van der Waals surface area (Å²) >= 11 is 0. The number of hydrogen-bond donors (Lipinski definition) is 0. The summed E-state index contributed by atoms with van der Waals surface area (Å²) < 4.78 is 0. The highest BCUT2D eigenvalue weighted by molar-refractivity contribution is 5.71. The van der Waals surface area contributed by atoms with E-state index < -0.39 is 0 Å². The normalized spacial score (nSPS) is 12.3. The van der Waals surface area contributed by atoms with Gasteiger partial charge in [-0.3, -0.25) is 0 Å². The largest absolute Gasteiger partial charge is 0.0984 e. The molecule has 0 nitrogen and oxygen atoms in total. The second-order valence-electron chi connectivity index (χ2n) is 8.06. The van der Waals surface area contributed by atoms with Crippen LogP contribution >= 0.6 is 0 Å². The summed E-state index contributed by atoms with van der Waals surface area (Å²) in [5.41, 5.74) is 6.78. The van der Waals surface area contributed by atoms with Gasteiger partial charge in [-0.15, -0.1) is 0 Å². The van der Waals surface area contributed by atoms with Crippen LogP contribution in [0.5, 0.6) is 0 Å². The Morgan fingerprint density at radius 1 is 0.727 bits per heavy atom. The summed E-state index contributed by atoms with van der Waals surface area (Å²) in [6.45, 7) is 17.7. The Morgan fingerprint density at radius 3 is 1.55 bits per heavy atom. The van der Waals surface area contributed by atoms with Crippen molar-refractivity contribution in [2.75, 3.05) is 0 Å². The summed E-state index contributed by atoms with van der Waals surface area (Å²) in [4.78, 5) is 0. The molecule has 0 unspecified atom stereocenters. The molecule has 116 valence electrons. The summed E-state index contributed by atoms with van der Waals surface area (Å²) in [7, 11) is 0. The Balaban J connectivity index is 2.82. The quantitative estimate of drug-likeness (QED) is 0.585. The van der Waals surface area contributed by atoms with Crippen molar-refractivity contribution in [1.29, 1.82) is 0 Å².